The second-order valence-corrected chi connectivity index (χ2v) is 4.80. The lowest BCUT2D eigenvalue weighted by Gasteiger charge is -2.03. The van der Waals surface area contributed by atoms with Crippen LogP contribution in [-0.2, 0) is 11.2 Å². The molecule has 0 aromatic heterocycles. The molecule has 0 saturated carbocycles. The summed E-state index contributed by atoms with van der Waals surface area (Å²) in [4.78, 5) is 11.8. The molecule has 1 amide bonds. The van der Waals surface area contributed by atoms with Crippen molar-refractivity contribution in [3.05, 3.63) is 70.8 Å². The van der Waals surface area contributed by atoms with E-state index in [9.17, 15) is 4.79 Å². The molecule has 0 spiro atoms. The van der Waals surface area contributed by atoms with Crippen LogP contribution in [0.15, 0.2) is 54.6 Å². The summed E-state index contributed by atoms with van der Waals surface area (Å²) in [6.07, 6.45) is 4.17. The molecular weight excluding hydrogens is 270 g/mol. The van der Waals surface area contributed by atoms with Gasteiger partial charge in [0.1, 0.15) is 0 Å². The van der Waals surface area contributed by atoms with Gasteiger partial charge in [-0.3, -0.25) is 4.79 Å². The lowest BCUT2D eigenvalue weighted by Crippen LogP contribution is -2.07. The third-order valence-corrected chi connectivity index (χ3v) is 3.29. The topological polar surface area (TPSA) is 29.1 Å². The van der Waals surface area contributed by atoms with Crippen molar-refractivity contribution < 1.29 is 4.79 Å². The van der Waals surface area contributed by atoms with E-state index >= 15 is 0 Å². The predicted molar refractivity (Wildman–Crippen MR) is 84.9 cm³/mol. The van der Waals surface area contributed by atoms with Gasteiger partial charge in [0.05, 0.1) is 0 Å². The van der Waals surface area contributed by atoms with E-state index in [1.54, 1.807) is 12.1 Å². The van der Waals surface area contributed by atoms with Crippen molar-refractivity contribution in [2.24, 2.45) is 0 Å². The van der Waals surface area contributed by atoms with Crippen LogP contribution in [0.1, 0.15) is 18.1 Å². The monoisotopic (exact) mass is 285 g/mol. The molecule has 0 aliphatic rings. The van der Waals surface area contributed by atoms with Gasteiger partial charge in [-0.15, -0.1) is 0 Å². The van der Waals surface area contributed by atoms with Crippen LogP contribution < -0.4 is 5.32 Å². The molecule has 0 bridgehead atoms. The number of anilines is 1. The minimum absolute atomic E-state index is 0.172. The van der Waals surface area contributed by atoms with Crippen LogP contribution in [0.2, 0.25) is 5.02 Å². The average molecular weight is 286 g/mol. The van der Waals surface area contributed by atoms with Gasteiger partial charge in [-0.2, -0.15) is 0 Å². The van der Waals surface area contributed by atoms with Crippen molar-refractivity contribution in [2.75, 3.05) is 5.32 Å². The van der Waals surface area contributed by atoms with Crippen molar-refractivity contribution in [3.63, 3.8) is 0 Å². The highest BCUT2D eigenvalue weighted by atomic mass is 35.5. The number of halogens is 1. The summed E-state index contributed by atoms with van der Waals surface area (Å²) in [7, 11) is 0. The largest absolute Gasteiger partial charge is 0.323 e. The standard InChI is InChI=1S/C17H16ClNO/c1-2-13-7-10-15(11-8-13)19-17(20)12-9-14-5-3-4-6-16(14)18/h3-12H,2H2,1H3,(H,19,20)/b12-9+. The van der Waals surface area contributed by atoms with E-state index in [1.165, 1.54) is 11.6 Å². The number of amides is 1. The third-order valence-electron chi connectivity index (χ3n) is 2.95. The summed E-state index contributed by atoms with van der Waals surface area (Å²) in [6, 6.07) is 15.2. The van der Waals surface area contributed by atoms with Crippen LogP contribution in [0, 0.1) is 0 Å². The van der Waals surface area contributed by atoms with E-state index in [0.717, 1.165) is 17.7 Å². The Balaban J connectivity index is 2.00. The maximum atomic E-state index is 11.8. The fourth-order valence-corrected chi connectivity index (χ4v) is 1.98. The second-order valence-electron chi connectivity index (χ2n) is 4.39. The first kappa shape index (κ1) is 14.4. The molecule has 0 fully saturated rings. The van der Waals surface area contributed by atoms with Gasteiger partial charge in [0, 0.05) is 16.8 Å². The van der Waals surface area contributed by atoms with Crippen molar-refractivity contribution in [2.45, 2.75) is 13.3 Å². The Labute approximate surface area is 124 Å². The van der Waals surface area contributed by atoms with Gasteiger partial charge in [0.25, 0.3) is 0 Å². The summed E-state index contributed by atoms with van der Waals surface area (Å²) in [5, 5.41) is 3.44. The number of benzene rings is 2. The van der Waals surface area contributed by atoms with E-state index in [1.807, 2.05) is 42.5 Å². The Morgan fingerprint density at radius 1 is 1.15 bits per heavy atom. The maximum absolute atomic E-state index is 11.8. The summed E-state index contributed by atoms with van der Waals surface area (Å²) in [6.45, 7) is 2.10. The van der Waals surface area contributed by atoms with Crippen molar-refractivity contribution >= 4 is 29.3 Å². The Morgan fingerprint density at radius 3 is 2.50 bits per heavy atom. The first-order chi connectivity index (χ1) is 9.69. The first-order valence-electron chi connectivity index (χ1n) is 6.51. The molecule has 0 aliphatic carbocycles. The van der Waals surface area contributed by atoms with Gasteiger partial charge in [-0.1, -0.05) is 48.9 Å². The lowest BCUT2D eigenvalue weighted by atomic mass is 10.1. The van der Waals surface area contributed by atoms with E-state index in [2.05, 4.69) is 12.2 Å². The van der Waals surface area contributed by atoms with Crippen LogP contribution in [-0.4, -0.2) is 5.91 Å². The fraction of sp³-hybridized carbons (Fsp3) is 0.118. The number of carbonyl (C=O) groups is 1. The zero-order chi connectivity index (χ0) is 14.4. The van der Waals surface area contributed by atoms with Gasteiger partial charge in [-0.25, -0.2) is 0 Å². The van der Waals surface area contributed by atoms with Crippen LogP contribution in [0.3, 0.4) is 0 Å². The molecule has 2 nitrogen and oxygen atoms in total. The van der Waals surface area contributed by atoms with Crippen molar-refractivity contribution in [1.82, 2.24) is 0 Å². The molecule has 1 N–H and O–H groups in total. The molecule has 0 heterocycles. The van der Waals surface area contributed by atoms with Gasteiger partial charge in [-0.05, 0) is 41.8 Å². The van der Waals surface area contributed by atoms with E-state index in [-0.39, 0.29) is 5.91 Å². The fourth-order valence-electron chi connectivity index (χ4n) is 1.78. The highest BCUT2D eigenvalue weighted by Crippen LogP contribution is 2.16. The summed E-state index contributed by atoms with van der Waals surface area (Å²) < 4.78 is 0. The molecule has 2 rings (SSSR count). The Bertz CT molecular complexity index is 617. The Morgan fingerprint density at radius 2 is 1.85 bits per heavy atom. The van der Waals surface area contributed by atoms with Gasteiger partial charge >= 0.3 is 0 Å². The normalized spacial score (nSPS) is 10.7. The lowest BCUT2D eigenvalue weighted by molar-refractivity contribution is -0.111. The molecule has 20 heavy (non-hydrogen) atoms. The zero-order valence-corrected chi connectivity index (χ0v) is 12.0. The number of hydrogen-bond donors (Lipinski definition) is 1. The van der Waals surface area contributed by atoms with Crippen LogP contribution in [0.4, 0.5) is 5.69 Å². The van der Waals surface area contributed by atoms with Crippen LogP contribution in [0.5, 0.6) is 0 Å². The minimum atomic E-state index is -0.172. The molecule has 0 aliphatic heterocycles. The summed E-state index contributed by atoms with van der Waals surface area (Å²) in [5.41, 5.74) is 2.86. The minimum Gasteiger partial charge on any atom is -0.323 e. The molecular formula is C17H16ClNO. The quantitative estimate of drug-likeness (QED) is 0.820. The molecule has 0 atom stereocenters. The number of rotatable bonds is 4. The van der Waals surface area contributed by atoms with Crippen LogP contribution in [0.25, 0.3) is 6.08 Å². The SMILES string of the molecule is CCc1ccc(NC(=O)/C=C/c2ccccc2Cl)cc1. The van der Waals surface area contributed by atoms with Gasteiger partial charge in [0.15, 0.2) is 0 Å². The molecule has 3 heteroatoms. The number of hydrogen-bond acceptors (Lipinski definition) is 1. The van der Waals surface area contributed by atoms with Crippen molar-refractivity contribution in [3.8, 4) is 0 Å². The number of carbonyl (C=O) groups excluding carboxylic acids is 1. The van der Waals surface area contributed by atoms with E-state index in [0.29, 0.717) is 5.02 Å². The molecule has 102 valence electrons. The second kappa shape index (κ2) is 6.92. The summed E-state index contributed by atoms with van der Waals surface area (Å²) in [5.74, 6) is -0.172. The third kappa shape index (κ3) is 3.97. The van der Waals surface area contributed by atoms with Gasteiger partial charge < -0.3 is 5.32 Å². The van der Waals surface area contributed by atoms with E-state index < -0.39 is 0 Å². The highest BCUT2D eigenvalue weighted by Gasteiger charge is 1.99. The van der Waals surface area contributed by atoms with Crippen LogP contribution >= 0.6 is 11.6 Å². The summed E-state index contributed by atoms with van der Waals surface area (Å²) >= 11 is 6.02. The average Bonchev–Trinajstić information content (AvgIpc) is 2.47. The van der Waals surface area contributed by atoms with E-state index in [4.69, 9.17) is 11.6 Å². The molecule has 0 unspecified atom stereocenters. The smallest absolute Gasteiger partial charge is 0.248 e. The van der Waals surface area contributed by atoms with Crippen molar-refractivity contribution in [1.29, 1.82) is 0 Å². The first-order valence-corrected chi connectivity index (χ1v) is 6.89. The highest BCUT2D eigenvalue weighted by molar-refractivity contribution is 6.32. The Hall–Kier alpha value is -2.06. The number of nitrogens with one attached hydrogen (secondary N) is 1. The number of aryl methyl sites for hydroxylation is 1. The Kier molecular flexibility index (Phi) is 4.97. The predicted octanol–water partition coefficient (Wildman–Crippen LogP) is 4.55. The maximum Gasteiger partial charge on any atom is 0.248 e. The zero-order valence-electron chi connectivity index (χ0n) is 11.3. The molecule has 2 aromatic rings. The molecule has 2 aromatic carbocycles. The molecule has 0 saturated heterocycles. The van der Waals surface area contributed by atoms with Gasteiger partial charge in [0.2, 0.25) is 5.91 Å². The molecule has 0 radical (unpaired) electrons.